The molecular formula is C15H16ClFN2O4S. The fourth-order valence-corrected chi connectivity index (χ4v) is 4.11. The molecule has 0 atom stereocenters. The van der Waals surface area contributed by atoms with Crippen LogP contribution in [0.4, 0.5) is 10.1 Å². The Morgan fingerprint density at radius 1 is 1.33 bits per heavy atom. The number of aromatic nitrogens is 1. The number of nitrogens with one attached hydrogen (secondary N) is 2. The summed E-state index contributed by atoms with van der Waals surface area (Å²) >= 11 is 5.85. The van der Waals surface area contributed by atoms with E-state index < -0.39 is 21.8 Å². The zero-order valence-electron chi connectivity index (χ0n) is 13.2. The number of aromatic amines is 1. The van der Waals surface area contributed by atoms with Gasteiger partial charge >= 0.3 is 5.97 Å². The molecule has 0 amide bonds. The number of H-pyrrole nitrogens is 1. The van der Waals surface area contributed by atoms with Crippen molar-refractivity contribution in [1.29, 1.82) is 0 Å². The monoisotopic (exact) mass is 374 g/mol. The highest BCUT2D eigenvalue weighted by molar-refractivity contribution is 7.92. The van der Waals surface area contributed by atoms with Gasteiger partial charge in [-0.3, -0.25) is 4.72 Å². The average Bonchev–Trinajstić information content (AvgIpc) is 2.77. The molecule has 0 spiro atoms. The van der Waals surface area contributed by atoms with E-state index in [1.54, 1.807) is 13.8 Å². The number of hydrogen-bond acceptors (Lipinski definition) is 4. The lowest BCUT2D eigenvalue weighted by Crippen LogP contribution is -2.18. The Labute approximate surface area is 144 Å². The summed E-state index contributed by atoms with van der Waals surface area (Å²) in [7, 11) is -4.14. The van der Waals surface area contributed by atoms with Crippen molar-refractivity contribution < 1.29 is 22.3 Å². The van der Waals surface area contributed by atoms with E-state index in [-0.39, 0.29) is 33.5 Å². The van der Waals surface area contributed by atoms with E-state index in [1.807, 2.05) is 0 Å². The summed E-state index contributed by atoms with van der Waals surface area (Å²) in [5.41, 5.74) is 0.587. The van der Waals surface area contributed by atoms with Gasteiger partial charge in [0.2, 0.25) is 0 Å². The lowest BCUT2D eigenvalue weighted by molar-refractivity contribution is 0.0521. The van der Waals surface area contributed by atoms with Gasteiger partial charge in [0.25, 0.3) is 10.0 Å². The third kappa shape index (κ3) is 3.54. The van der Waals surface area contributed by atoms with Gasteiger partial charge in [0.1, 0.15) is 16.3 Å². The maximum absolute atomic E-state index is 13.1. The average molecular weight is 375 g/mol. The van der Waals surface area contributed by atoms with E-state index in [9.17, 15) is 17.6 Å². The molecule has 2 rings (SSSR count). The van der Waals surface area contributed by atoms with Crippen molar-refractivity contribution in [3.05, 3.63) is 46.0 Å². The Morgan fingerprint density at radius 3 is 2.58 bits per heavy atom. The van der Waals surface area contributed by atoms with Gasteiger partial charge in [0, 0.05) is 11.4 Å². The molecule has 2 aromatic rings. The zero-order chi connectivity index (χ0) is 18.1. The van der Waals surface area contributed by atoms with Crippen LogP contribution in [0, 0.1) is 19.7 Å². The van der Waals surface area contributed by atoms with Crippen LogP contribution < -0.4 is 4.72 Å². The number of anilines is 1. The standard InChI is InChI=1S/C15H16ClFN2O4S/c1-4-23-15(20)13-8(2)18-9(3)14(13)24(21,22)19-12-6-5-10(17)7-11(12)16/h5-7,18-19H,4H2,1-3H3. The minimum atomic E-state index is -4.14. The smallest absolute Gasteiger partial charge is 0.341 e. The molecule has 0 aliphatic carbocycles. The molecule has 2 N–H and O–H groups in total. The quantitative estimate of drug-likeness (QED) is 0.785. The highest BCUT2D eigenvalue weighted by Crippen LogP contribution is 2.29. The third-order valence-electron chi connectivity index (χ3n) is 3.24. The molecule has 0 aliphatic heterocycles. The number of carbonyl (C=O) groups excluding carboxylic acids is 1. The van der Waals surface area contributed by atoms with Crippen LogP contribution in [-0.4, -0.2) is 26.0 Å². The summed E-state index contributed by atoms with van der Waals surface area (Å²) in [6.07, 6.45) is 0. The second-order valence-electron chi connectivity index (χ2n) is 5.03. The lowest BCUT2D eigenvalue weighted by Gasteiger charge is -2.11. The molecule has 0 bridgehead atoms. The summed E-state index contributed by atoms with van der Waals surface area (Å²) in [4.78, 5) is 14.7. The predicted molar refractivity (Wildman–Crippen MR) is 88.4 cm³/mol. The number of benzene rings is 1. The molecule has 0 unspecified atom stereocenters. The molecule has 1 aromatic carbocycles. The topological polar surface area (TPSA) is 88.3 Å². The van der Waals surface area contributed by atoms with Crippen LogP contribution in [-0.2, 0) is 14.8 Å². The number of halogens is 2. The molecule has 6 nitrogen and oxygen atoms in total. The fraction of sp³-hybridized carbons (Fsp3) is 0.267. The lowest BCUT2D eigenvalue weighted by atomic mass is 10.2. The molecule has 1 aromatic heterocycles. The molecule has 0 aliphatic rings. The Balaban J connectivity index is 2.51. The Hall–Kier alpha value is -2.06. The van der Waals surface area contributed by atoms with Crippen LogP contribution in [0.5, 0.6) is 0 Å². The second kappa shape index (κ2) is 6.82. The molecule has 24 heavy (non-hydrogen) atoms. The number of hydrogen-bond donors (Lipinski definition) is 2. The number of aryl methyl sites for hydroxylation is 2. The minimum absolute atomic E-state index is 0.00567. The maximum Gasteiger partial charge on any atom is 0.341 e. The van der Waals surface area contributed by atoms with Gasteiger partial charge in [0.05, 0.1) is 17.3 Å². The minimum Gasteiger partial charge on any atom is -0.462 e. The molecule has 9 heteroatoms. The largest absolute Gasteiger partial charge is 0.462 e. The number of sulfonamides is 1. The van der Waals surface area contributed by atoms with E-state index in [0.29, 0.717) is 5.69 Å². The van der Waals surface area contributed by atoms with Crippen LogP contribution in [0.2, 0.25) is 5.02 Å². The first-order valence-electron chi connectivity index (χ1n) is 7.01. The fourth-order valence-electron chi connectivity index (χ4n) is 2.31. The van der Waals surface area contributed by atoms with Crippen molar-refractivity contribution in [1.82, 2.24) is 4.98 Å². The molecular weight excluding hydrogens is 359 g/mol. The van der Waals surface area contributed by atoms with Gasteiger partial charge in [0.15, 0.2) is 0 Å². The van der Waals surface area contributed by atoms with Crippen molar-refractivity contribution in [2.45, 2.75) is 25.7 Å². The second-order valence-corrected chi connectivity index (χ2v) is 7.06. The summed E-state index contributed by atoms with van der Waals surface area (Å²) < 4.78 is 45.7. The van der Waals surface area contributed by atoms with Gasteiger partial charge in [-0.2, -0.15) is 0 Å². The van der Waals surface area contributed by atoms with Gasteiger partial charge in [-0.05, 0) is 39.0 Å². The van der Waals surface area contributed by atoms with Crippen molar-refractivity contribution in [3.63, 3.8) is 0 Å². The molecule has 1 heterocycles. The number of carbonyl (C=O) groups is 1. The number of rotatable bonds is 5. The maximum atomic E-state index is 13.1. The van der Waals surface area contributed by atoms with Crippen LogP contribution in [0.15, 0.2) is 23.1 Å². The van der Waals surface area contributed by atoms with Gasteiger partial charge < -0.3 is 9.72 Å². The first-order chi connectivity index (χ1) is 11.2. The Morgan fingerprint density at radius 2 is 2.00 bits per heavy atom. The third-order valence-corrected chi connectivity index (χ3v) is 5.09. The van der Waals surface area contributed by atoms with Crippen LogP contribution in [0.1, 0.15) is 28.7 Å². The van der Waals surface area contributed by atoms with Gasteiger partial charge in [-0.1, -0.05) is 11.6 Å². The van der Waals surface area contributed by atoms with E-state index in [1.165, 1.54) is 13.0 Å². The van der Waals surface area contributed by atoms with E-state index in [2.05, 4.69) is 9.71 Å². The van der Waals surface area contributed by atoms with Crippen LogP contribution in [0.25, 0.3) is 0 Å². The number of ether oxygens (including phenoxy) is 1. The zero-order valence-corrected chi connectivity index (χ0v) is 14.8. The first kappa shape index (κ1) is 18.3. The summed E-state index contributed by atoms with van der Waals surface area (Å²) in [6.45, 7) is 4.83. The van der Waals surface area contributed by atoms with Crippen molar-refractivity contribution >= 4 is 33.3 Å². The Kier molecular flexibility index (Phi) is 5.19. The SMILES string of the molecule is CCOC(=O)c1c(C)[nH]c(C)c1S(=O)(=O)Nc1ccc(F)cc1Cl. The van der Waals surface area contributed by atoms with Crippen molar-refractivity contribution in [2.24, 2.45) is 0 Å². The van der Waals surface area contributed by atoms with Crippen LogP contribution >= 0.6 is 11.6 Å². The van der Waals surface area contributed by atoms with Crippen LogP contribution in [0.3, 0.4) is 0 Å². The molecule has 0 saturated heterocycles. The molecule has 0 saturated carbocycles. The Bertz CT molecular complexity index is 893. The molecule has 0 radical (unpaired) electrons. The summed E-state index contributed by atoms with van der Waals surface area (Å²) in [5.74, 6) is -1.34. The van der Waals surface area contributed by atoms with E-state index >= 15 is 0 Å². The normalized spacial score (nSPS) is 11.4. The van der Waals surface area contributed by atoms with Crippen molar-refractivity contribution in [3.8, 4) is 0 Å². The van der Waals surface area contributed by atoms with E-state index in [0.717, 1.165) is 12.1 Å². The summed E-state index contributed by atoms with van der Waals surface area (Å²) in [6, 6.07) is 3.26. The van der Waals surface area contributed by atoms with Gasteiger partial charge in [-0.25, -0.2) is 17.6 Å². The highest BCUT2D eigenvalue weighted by Gasteiger charge is 2.30. The number of esters is 1. The molecule has 0 fully saturated rings. The highest BCUT2D eigenvalue weighted by atomic mass is 35.5. The van der Waals surface area contributed by atoms with Gasteiger partial charge in [-0.15, -0.1) is 0 Å². The molecule has 130 valence electrons. The van der Waals surface area contributed by atoms with Crippen molar-refractivity contribution in [2.75, 3.05) is 11.3 Å². The predicted octanol–water partition coefficient (Wildman–Crippen LogP) is 3.40. The first-order valence-corrected chi connectivity index (χ1v) is 8.87. The van der Waals surface area contributed by atoms with E-state index in [4.69, 9.17) is 16.3 Å². The summed E-state index contributed by atoms with van der Waals surface area (Å²) in [5, 5.41) is -0.0961.